The summed E-state index contributed by atoms with van der Waals surface area (Å²) in [4.78, 5) is 18.5. The second kappa shape index (κ2) is 7.90. The van der Waals surface area contributed by atoms with Crippen molar-refractivity contribution in [2.45, 2.75) is 12.6 Å². The summed E-state index contributed by atoms with van der Waals surface area (Å²) in [5, 5.41) is 12.3. The second-order valence-electron chi connectivity index (χ2n) is 6.36. The van der Waals surface area contributed by atoms with Gasteiger partial charge in [0.25, 0.3) is 0 Å². The lowest BCUT2D eigenvalue weighted by molar-refractivity contribution is 0.204. The number of amides is 2. The lowest BCUT2D eigenvalue weighted by Gasteiger charge is -2.24. The van der Waals surface area contributed by atoms with Crippen LogP contribution < -0.4 is 5.32 Å². The Balaban J connectivity index is 1.80. The number of hydrogen-bond acceptors (Lipinski definition) is 3. The molecule has 7 heteroatoms. The minimum absolute atomic E-state index is 0.173. The molecule has 2 amide bonds. The molecule has 2 N–H and O–H groups in total. The maximum absolute atomic E-state index is 13.7. The van der Waals surface area contributed by atoms with Crippen LogP contribution in [0.3, 0.4) is 0 Å². The van der Waals surface area contributed by atoms with E-state index in [0.717, 1.165) is 5.56 Å². The first-order valence-electron chi connectivity index (χ1n) is 8.46. The number of nitrogens with one attached hydrogen (secondary N) is 1. The van der Waals surface area contributed by atoms with Gasteiger partial charge in [0.15, 0.2) is 0 Å². The maximum atomic E-state index is 13.7. The number of nitrogens with zero attached hydrogens (tertiary/aromatic N) is 3. The smallest absolute Gasteiger partial charge is 0.318 e. The molecule has 0 aliphatic carbocycles. The molecule has 27 heavy (non-hydrogen) atoms. The van der Waals surface area contributed by atoms with Crippen LogP contribution in [0.25, 0.3) is 0 Å². The third-order valence-corrected chi connectivity index (χ3v) is 4.27. The highest BCUT2D eigenvalue weighted by Gasteiger charge is 2.23. The fourth-order valence-corrected chi connectivity index (χ4v) is 2.82. The van der Waals surface area contributed by atoms with E-state index in [1.165, 1.54) is 17.0 Å². The zero-order chi connectivity index (χ0) is 19.4. The summed E-state index contributed by atoms with van der Waals surface area (Å²) >= 11 is 0. The van der Waals surface area contributed by atoms with Gasteiger partial charge in [0.1, 0.15) is 23.4 Å². The van der Waals surface area contributed by atoms with Crippen LogP contribution in [-0.4, -0.2) is 32.6 Å². The predicted molar refractivity (Wildman–Crippen MR) is 99.6 cm³/mol. The number of aryl methyl sites for hydroxylation is 1. The Morgan fingerprint density at radius 1 is 1.30 bits per heavy atom. The molecule has 2 aromatic carbocycles. The lowest BCUT2D eigenvalue weighted by atomic mass is 10.1. The molecule has 140 valence electrons. The Hall–Kier alpha value is -3.35. The van der Waals surface area contributed by atoms with Gasteiger partial charge in [-0.2, -0.15) is 0 Å². The molecule has 6 nitrogen and oxygen atoms in total. The van der Waals surface area contributed by atoms with E-state index in [1.54, 1.807) is 60.4 Å². The lowest BCUT2D eigenvalue weighted by Crippen LogP contribution is -2.40. The van der Waals surface area contributed by atoms with Gasteiger partial charge in [-0.05, 0) is 35.4 Å². The SMILES string of the molecule is CN(Cc1ccc(O)cc1)C(=O)NC(c1cccc(F)c1)c1nccn1C. The zero-order valence-electron chi connectivity index (χ0n) is 15.1. The Bertz CT molecular complexity index is 924. The maximum Gasteiger partial charge on any atom is 0.318 e. The summed E-state index contributed by atoms with van der Waals surface area (Å²) in [5.74, 6) is 0.400. The highest BCUT2D eigenvalue weighted by atomic mass is 19.1. The number of urea groups is 1. The first-order chi connectivity index (χ1) is 12.9. The van der Waals surface area contributed by atoms with Crippen LogP contribution in [0.4, 0.5) is 9.18 Å². The minimum atomic E-state index is -0.588. The third kappa shape index (κ3) is 4.44. The number of benzene rings is 2. The molecule has 0 spiro atoms. The van der Waals surface area contributed by atoms with Crippen LogP contribution in [0, 0.1) is 5.82 Å². The fourth-order valence-electron chi connectivity index (χ4n) is 2.82. The van der Waals surface area contributed by atoms with Crippen LogP contribution in [0.1, 0.15) is 23.0 Å². The van der Waals surface area contributed by atoms with Gasteiger partial charge in [-0.1, -0.05) is 24.3 Å². The third-order valence-electron chi connectivity index (χ3n) is 4.27. The van der Waals surface area contributed by atoms with Crippen molar-refractivity contribution in [3.63, 3.8) is 0 Å². The topological polar surface area (TPSA) is 70.4 Å². The van der Waals surface area contributed by atoms with Gasteiger partial charge in [0.2, 0.25) is 0 Å². The summed E-state index contributed by atoms with van der Waals surface area (Å²) in [7, 11) is 3.49. The molecule has 1 heterocycles. The number of phenols is 1. The fraction of sp³-hybridized carbons (Fsp3) is 0.200. The van der Waals surface area contributed by atoms with E-state index >= 15 is 0 Å². The van der Waals surface area contributed by atoms with Crippen molar-refractivity contribution in [3.8, 4) is 5.75 Å². The van der Waals surface area contributed by atoms with Gasteiger partial charge >= 0.3 is 6.03 Å². The monoisotopic (exact) mass is 368 g/mol. The van der Waals surface area contributed by atoms with Crippen LogP contribution in [0.15, 0.2) is 60.9 Å². The predicted octanol–water partition coefficient (Wildman–Crippen LogP) is 3.20. The summed E-state index contributed by atoms with van der Waals surface area (Å²) in [6.45, 7) is 0.364. The van der Waals surface area contributed by atoms with Crippen molar-refractivity contribution in [2.24, 2.45) is 7.05 Å². The van der Waals surface area contributed by atoms with E-state index in [2.05, 4.69) is 10.3 Å². The Morgan fingerprint density at radius 3 is 2.67 bits per heavy atom. The van der Waals surface area contributed by atoms with Crippen molar-refractivity contribution in [2.75, 3.05) is 7.05 Å². The number of aromatic hydroxyl groups is 1. The van der Waals surface area contributed by atoms with E-state index in [1.807, 2.05) is 7.05 Å². The highest BCUT2D eigenvalue weighted by molar-refractivity contribution is 5.74. The van der Waals surface area contributed by atoms with Crippen molar-refractivity contribution in [3.05, 3.63) is 83.7 Å². The van der Waals surface area contributed by atoms with Crippen LogP contribution in [0.2, 0.25) is 0 Å². The molecule has 0 bridgehead atoms. The molecule has 0 aliphatic heterocycles. The van der Waals surface area contributed by atoms with E-state index in [0.29, 0.717) is 17.9 Å². The first kappa shape index (κ1) is 18.4. The molecule has 0 saturated carbocycles. The van der Waals surface area contributed by atoms with E-state index in [4.69, 9.17) is 0 Å². The number of carbonyl (C=O) groups is 1. The molecule has 0 fully saturated rings. The minimum Gasteiger partial charge on any atom is -0.508 e. The van der Waals surface area contributed by atoms with Crippen LogP contribution in [-0.2, 0) is 13.6 Å². The van der Waals surface area contributed by atoms with Gasteiger partial charge in [0, 0.05) is 33.0 Å². The molecule has 3 rings (SSSR count). The van der Waals surface area contributed by atoms with Gasteiger partial charge in [-0.15, -0.1) is 0 Å². The molecular weight excluding hydrogens is 347 g/mol. The largest absolute Gasteiger partial charge is 0.508 e. The Labute approximate surface area is 156 Å². The molecule has 0 aliphatic rings. The number of carbonyl (C=O) groups excluding carboxylic acids is 1. The van der Waals surface area contributed by atoms with Crippen molar-refractivity contribution in [1.29, 1.82) is 0 Å². The highest BCUT2D eigenvalue weighted by Crippen LogP contribution is 2.22. The van der Waals surface area contributed by atoms with Gasteiger partial charge in [0.05, 0.1) is 0 Å². The number of rotatable bonds is 5. The quantitative estimate of drug-likeness (QED) is 0.727. The summed E-state index contributed by atoms with van der Waals surface area (Å²) in [5.41, 5.74) is 1.49. The molecule has 0 radical (unpaired) electrons. The van der Waals surface area contributed by atoms with E-state index in [-0.39, 0.29) is 17.6 Å². The number of halogens is 1. The van der Waals surface area contributed by atoms with Gasteiger partial charge < -0.3 is 19.9 Å². The summed E-state index contributed by atoms with van der Waals surface area (Å²) in [6, 6.07) is 11.8. The van der Waals surface area contributed by atoms with Crippen molar-refractivity contribution >= 4 is 6.03 Å². The van der Waals surface area contributed by atoms with Crippen LogP contribution >= 0.6 is 0 Å². The summed E-state index contributed by atoms with van der Waals surface area (Å²) in [6.07, 6.45) is 3.40. The van der Waals surface area contributed by atoms with Crippen molar-refractivity contribution < 1.29 is 14.3 Å². The van der Waals surface area contributed by atoms with Gasteiger partial charge in [-0.3, -0.25) is 0 Å². The molecule has 3 aromatic rings. The Kier molecular flexibility index (Phi) is 5.40. The zero-order valence-corrected chi connectivity index (χ0v) is 15.1. The number of aromatic nitrogens is 2. The number of phenolic OH excluding ortho intramolecular Hbond substituents is 1. The van der Waals surface area contributed by atoms with E-state index in [9.17, 15) is 14.3 Å². The Morgan fingerprint density at radius 2 is 2.04 bits per heavy atom. The van der Waals surface area contributed by atoms with Crippen LogP contribution in [0.5, 0.6) is 5.75 Å². The summed E-state index contributed by atoms with van der Waals surface area (Å²) < 4.78 is 15.5. The standard InChI is InChI=1S/C20H21FN4O2/c1-24-11-10-22-19(24)18(15-4-3-5-16(21)12-15)23-20(27)25(2)13-14-6-8-17(26)9-7-14/h3-12,18,26H,13H2,1-2H3,(H,23,27). The van der Waals surface area contributed by atoms with E-state index < -0.39 is 6.04 Å². The normalized spacial score (nSPS) is 11.8. The average molecular weight is 368 g/mol. The molecule has 0 saturated heterocycles. The number of hydrogen-bond donors (Lipinski definition) is 2. The van der Waals surface area contributed by atoms with Crippen molar-refractivity contribution in [1.82, 2.24) is 19.8 Å². The average Bonchev–Trinajstić information content (AvgIpc) is 3.07. The molecule has 1 atom stereocenters. The molecule has 1 unspecified atom stereocenters. The second-order valence-corrected chi connectivity index (χ2v) is 6.36. The van der Waals surface area contributed by atoms with Gasteiger partial charge in [-0.25, -0.2) is 14.2 Å². The first-order valence-corrected chi connectivity index (χ1v) is 8.46. The molecular formula is C20H21FN4O2. The number of imidazole rings is 1. The molecule has 1 aromatic heterocycles.